The monoisotopic (exact) mass is 395 g/mol. The fraction of sp³-hybridized carbons (Fsp3) is 0.562. The van der Waals surface area contributed by atoms with Gasteiger partial charge in [-0.2, -0.15) is 17.9 Å². The minimum absolute atomic E-state index is 0.155. The molecule has 26 heavy (non-hydrogen) atoms. The van der Waals surface area contributed by atoms with Gasteiger partial charge in [0, 0.05) is 6.54 Å². The average Bonchev–Trinajstić information content (AvgIpc) is 2.58. The Balaban J connectivity index is 3.06. The number of rotatable bonds is 8. The normalized spacial score (nSPS) is 14.1. The Kier molecular flexibility index (Phi) is 7.20. The Hall–Kier alpha value is -1.65. The van der Waals surface area contributed by atoms with Crippen molar-refractivity contribution in [2.24, 2.45) is 5.73 Å². The second kappa shape index (κ2) is 8.36. The first-order chi connectivity index (χ1) is 11.9. The molecule has 4 N–H and O–H groups in total. The second-order valence-corrected chi connectivity index (χ2v) is 7.70. The van der Waals surface area contributed by atoms with Crippen LogP contribution in [0.15, 0.2) is 29.2 Å². The number of hydrogen-bond donors (Lipinski definition) is 3. The highest BCUT2D eigenvalue weighted by molar-refractivity contribution is 7.89. The molecule has 10 heteroatoms. The summed E-state index contributed by atoms with van der Waals surface area (Å²) in [5, 5.41) is 2.69. The van der Waals surface area contributed by atoms with E-state index in [1.54, 1.807) is 0 Å². The molecule has 0 aliphatic carbocycles. The van der Waals surface area contributed by atoms with Crippen LogP contribution in [0.5, 0.6) is 0 Å². The van der Waals surface area contributed by atoms with Crippen molar-refractivity contribution >= 4 is 15.9 Å². The number of halogens is 3. The number of carbonyl (C=O) groups excluding carboxylic acids is 1. The van der Waals surface area contributed by atoms with Gasteiger partial charge in [0.25, 0.3) is 0 Å². The fourth-order valence-electron chi connectivity index (χ4n) is 2.42. The SMILES string of the molecule is CCC(CC)(CN)NC(=O)C(C)NS(=O)(=O)c1ccccc1C(F)(F)F. The molecule has 0 aromatic heterocycles. The van der Waals surface area contributed by atoms with Crippen LogP contribution < -0.4 is 15.8 Å². The van der Waals surface area contributed by atoms with Gasteiger partial charge >= 0.3 is 6.18 Å². The first kappa shape index (κ1) is 22.4. The Morgan fingerprint density at radius 2 is 1.73 bits per heavy atom. The van der Waals surface area contributed by atoms with Crippen molar-refractivity contribution in [3.63, 3.8) is 0 Å². The number of sulfonamides is 1. The van der Waals surface area contributed by atoms with Gasteiger partial charge in [-0.1, -0.05) is 26.0 Å². The van der Waals surface area contributed by atoms with Gasteiger partial charge in [-0.15, -0.1) is 0 Å². The number of amides is 1. The maximum absolute atomic E-state index is 13.0. The predicted octanol–water partition coefficient (Wildman–Crippen LogP) is 2.01. The van der Waals surface area contributed by atoms with Crippen LogP contribution in [0.25, 0.3) is 0 Å². The zero-order valence-electron chi connectivity index (χ0n) is 14.9. The van der Waals surface area contributed by atoms with E-state index in [1.165, 1.54) is 13.0 Å². The molecule has 148 valence electrons. The number of alkyl halides is 3. The van der Waals surface area contributed by atoms with Gasteiger partial charge in [0.05, 0.1) is 22.0 Å². The van der Waals surface area contributed by atoms with Gasteiger partial charge in [0.2, 0.25) is 15.9 Å². The van der Waals surface area contributed by atoms with Gasteiger partial charge in [-0.3, -0.25) is 4.79 Å². The number of nitrogens with two attached hydrogens (primary N) is 1. The number of nitrogens with one attached hydrogen (secondary N) is 2. The first-order valence-corrected chi connectivity index (χ1v) is 9.61. The molecule has 0 saturated carbocycles. The fourth-order valence-corrected chi connectivity index (χ4v) is 3.85. The van der Waals surface area contributed by atoms with Gasteiger partial charge < -0.3 is 11.1 Å². The summed E-state index contributed by atoms with van der Waals surface area (Å²) >= 11 is 0. The molecule has 1 atom stereocenters. The standard InChI is InChI=1S/C16H24F3N3O3S/c1-4-15(5-2,10-20)21-14(23)11(3)22-26(24,25)13-9-7-6-8-12(13)16(17,18)19/h6-9,11,22H,4-5,10,20H2,1-3H3,(H,21,23). The van der Waals surface area contributed by atoms with E-state index in [0.717, 1.165) is 12.1 Å². The minimum atomic E-state index is -4.84. The van der Waals surface area contributed by atoms with Crippen LogP contribution in [0.1, 0.15) is 39.2 Å². The summed E-state index contributed by atoms with van der Waals surface area (Å²) in [6.07, 6.45) is -3.78. The lowest BCUT2D eigenvalue weighted by atomic mass is 9.92. The summed E-state index contributed by atoms with van der Waals surface area (Å²) in [7, 11) is -4.56. The second-order valence-electron chi connectivity index (χ2n) is 6.02. The van der Waals surface area contributed by atoms with E-state index in [0.29, 0.717) is 18.9 Å². The van der Waals surface area contributed by atoms with Gasteiger partial charge in [0.15, 0.2) is 0 Å². The molecule has 0 fully saturated rings. The highest BCUT2D eigenvalue weighted by atomic mass is 32.2. The van der Waals surface area contributed by atoms with Crippen molar-refractivity contribution in [2.45, 2.75) is 56.3 Å². The minimum Gasteiger partial charge on any atom is -0.348 e. The Bertz CT molecular complexity index is 723. The topological polar surface area (TPSA) is 101 Å². The molecule has 1 aromatic rings. The summed E-state index contributed by atoms with van der Waals surface area (Å²) < 4.78 is 65.9. The van der Waals surface area contributed by atoms with E-state index in [2.05, 4.69) is 5.32 Å². The van der Waals surface area contributed by atoms with Crippen molar-refractivity contribution in [3.05, 3.63) is 29.8 Å². The molecule has 0 aliphatic rings. The van der Waals surface area contributed by atoms with Crippen LogP contribution >= 0.6 is 0 Å². The summed E-state index contributed by atoms with van der Waals surface area (Å²) in [5.74, 6) is -0.660. The molecule has 0 spiro atoms. The van der Waals surface area contributed by atoms with Crippen molar-refractivity contribution < 1.29 is 26.4 Å². The lowest BCUT2D eigenvalue weighted by Gasteiger charge is -2.32. The molecule has 0 bridgehead atoms. The van der Waals surface area contributed by atoms with Crippen molar-refractivity contribution in [2.75, 3.05) is 6.54 Å². The molecular weight excluding hydrogens is 371 g/mol. The third kappa shape index (κ3) is 5.18. The van der Waals surface area contributed by atoms with Crippen LogP contribution in [-0.4, -0.2) is 32.5 Å². The van der Waals surface area contributed by atoms with E-state index < -0.39 is 44.1 Å². The van der Waals surface area contributed by atoms with Crippen LogP contribution in [0, 0.1) is 0 Å². The van der Waals surface area contributed by atoms with E-state index in [4.69, 9.17) is 5.73 Å². The van der Waals surface area contributed by atoms with Gasteiger partial charge in [-0.25, -0.2) is 8.42 Å². The molecule has 0 heterocycles. The number of benzene rings is 1. The third-order valence-electron chi connectivity index (χ3n) is 4.34. The van der Waals surface area contributed by atoms with Crippen LogP contribution in [-0.2, 0) is 21.0 Å². The van der Waals surface area contributed by atoms with E-state index in [9.17, 15) is 26.4 Å². The molecule has 1 rings (SSSR count). The van der Waals surface area contributed by atoms with E-state index in [-0.39, 0.29) is 6.54 Å². The van der Waals surface area contributed by atoms with Crippen LogP contribution in [0.2, 0.25) is 0 Å². The molecule has 0 radical (unpaired) electrons. The lowest BCUT2D eigenvalue weighted by molar-refractivity contribution is -0.139. The maximum atomic E-state index is 13.0. The molecule has 1 amide bonds. The van der Waals surface area contributed by atoms with Gasteiger partial charge in [0.1, 0.15) is 0 Å². The Morgan fingerprint density at radius 3 is 2.19 bits per heavy atom. The van der Waals surface area contributed by atoms with E-state index in [1.807, 2.05) is 18.6 Å². The summed E-state index contributed by atoms with van der Waals surface area (Å²) in [6, 6.07) is 2.52. The van der Waals surface area contributed by atoms with Crippen molar-refractivity contribution in [3.8, 4) is 0 Å². The quantitative estimate of drug-likeness (QED) is 0.627. The molecule has 0 saturated heterocycles. The van der Waals surface area contributed by atoms with Crippen molar-refractivity contribution in [1.82, 2.24) is 10.0 Å². The summed E-state index contributed by atoms with van der Waals surface area (Å²) in [6.45, 7) is 5.06. The molecule has 1 unspecified atom stereocenters. The van der Waals surface area contributed by atoms with Crippen LogP contribution in [0.3, 0.4) is 0 Å². The number of hydrogen-bond acceptors (Lipinski definition) is 4. The molecule has 1 aromatic carbocycles. The lowest BCUT2D eigenvalue weighted by Crippen LogP contribution is -2.57. The zero-order valence-corrected chi connectivity index (χ0v) is 15.7. The van der Waals surface area contributed by atoms with E-state index >= 15 is 0 Å². The molecule has 6 nitrogen and oxygen atoms in total. The largest absolute Gasteiger partial charge is 0.417 e. The Labute approximate surface area is 151 Å². The zero-order chi connectivity index (χ0) is 20.2. The Morgan fingerprint density at radius 1 is 1.19 bits per heavy atom. The molecular formula is C16H24F3N3O3S. The third-order valence-corrected chi connectivity index (χ3v) is 5.94. The maximum Gasteiger partial charge on any atom is 0.417 e. The smallest absolute Gasteiger partial charge is 0.348 e. The highest BCUT2D eigenvalue weighted by Gasteiger charge is 2.38. The van der Waals surface area contributed by atoms with Gasteiger partial charge in [-0.05, 0) is 31.9 Å². The van der Waals surface area contributed by atoms with Crippen molar-refractivity contribution in [1.29, 1.82) is 0 Å². The first-order valence-electron chi connectivity index (χ1n) is 8.13. The average molecular weight is 395 g/mol. The summed E-state index contributed by atoms with van der Waals surface area (Å²) in [4.78, 5) is 11.4. The summed E-state index contributed by atoms with van der Waals surface area (Å²) in [5.41, 5.74) is 3.70. The van der Waals surface area contributed by atoms with Crippen LogP contribution in [0.4, 0.5) is 13.2 Å². The molecule has 0 aliphatic heterocycles. The number of carbonyl (C=O) groups is 1. The highest BCUT2D eigenvalue weighted by Crippen LogP contribution is 2.33. The predicted molar refractivity (Wildman–Crippen MR) is 91.7 cm³/mol.